The lowest BCUT2D eigenvalue weighted by atomic mass is 10.0. The lowest BCUT2D eigenvalue weighted by molar-refractivity contribution is 0.249. The van der Waals surface area contributed by atoms with Crippen LogP contribution >= 0.6 is 15.9 Å². The van der Waals surface area contributed by atoms with E-state index in [9.17, 15) is 4.79 Å². The average Bonchev–Trinajstić information content (AvgIpc) is 2.49. The van der Waals surface area contributed by atoms with Crippen LogP contribution in [0.3, 0.4) is 0 Å². The molecule has 2 aromatic rings. The Kier molecular flexibility index (Phi) is 5.76. The molecule has 0 aliphatic rings. The van der Waals surface area contributed by atoms with Crippen molar-refractivity contribution in [3.05, 3.63) is 63.1 Å². The molecule has 2 amide bonds. The maximum Gasteiger partial charge on any atom is 0.332 e. The van der Waals surface area contributed by atoms with Crippen LogP contribution in [0.4, 0.5) is 4.79 Å². The molecule has 0 atom stereocenters. The molecular weight excluding hydrogens is 358 g/mol. The fourth-order valence-electron chi connectivity index (χ4n) is 2.09. The van der Waals surface area contributed by atoms with Crippen molar-refractivity contribution in [3.8, 4) is 5.75 Å². The van der Waals surface area contributed by atoms with Crippen molar-refractivity contribution in [1.82, 2.24) is 5.43 Å². The maximum absolute atomic E-state index is 10.7. The topological polar surface area (TPSA) is 76.7 Å². The van der Waals surface area contributed by atoms with Crippen LogP contribution in [0.5, 0.6) is 5.75 Å². The second-order valence-corrected chi connectivity index (χ2v) is 5.94. The Labute approximate surface area is 143 Å². The predicted octanol–water partition coefficient (Wildman–Crippen LogP) is 3.65. The summed E-state index contributed by atoms with van der Waals surface area (Å²) in [7, 11) is 0. The summed E-state index contributed by atoms with van der Waals surface area (Å²) in [4.78, 5) is 10.7. The van der Waals surface area contributed by atoms with Gasteiger partial charge in [-0.1, -0.05) is 18.2 Å². The first-order chi connectivity index (χ1) is 11.0. The van der Waals surface area contributed by atoms with Crippen LogP contribution < -0.4 is 15.9 Å². The number of nitrogens with zero attached hydrogens (tertiary/aromatic N) is 1. The molecule has 0 spiro atoms. The summed E-state index contributed by atoms with van der Waals surface area (Å²) in [5.74, 6) is 0.790. The Morgan fingerprint density at radius 3 is 2.74 bits per heavy atom. The summed E-state index contributed by atoms with van der Waals surface area (Å²) in [5.41, 5.74) is 11.3. The number of primary amides is 1. The second kappa shape index (κ2) is 7.78. The highest BCUT2D eigenvalue weighted by Crippen LogP contribution is 2.25. The zero-order valence-corrected chi connectivity index (χ0v) is 14.6. The first kappa shape index (κ1) is 17.0. The van der Waals surface area contributed by atoms with Gasteiger partial charge in [-0.2, -0.15) is 5.10 Å². The number of benzene rings is 2. The van der Waals surface area contributed by atoms with Gasteiger partial charge in [-0.3, -0.25) is 0 Å². The molecule has 5 nitrogen and oxygen atoms in total. The number of nitrogens with one attached hydrogen (secondary N) is 1. The number of aryl methyl sites for hydroxylation is 2. The normalized spacial score (nSPS) is 10.7. The number of amides is 2. The summed E-state index contributed by atoms with van der Waals surface area (Å²) < 4.78 is 6.77. The number of nitrogens with two attached hydrogens (primary N) is 1. The van der Waals surface area contributed by atoms with Gasteiger partial charge in [0.2, 0.25) is 0 Å². The summed E-state index contributed by atoms with van der Waals surface area (Å²) in [5, 5.41) is 3.81. The molecule has 0 saturated carbocycles. The SMILES string of the molecule is Cc1cc(C)c(COc2ccccc2Br)cc1/C=N/NC(N)=O. The largest absolute Gasteiger partial charge is 0.488 e. The van der Waals surface area contributed by atoms with Crippen molar-refractivity contribution in [2.75, 3.05) is 0 Å². The van der Waals surface area contributed by atoms with E-state index in [1.165, 1.54) is 0 Å². The number of hydrogen-bond acceptors (Lipinski definition) is 3. The third kappa shape index (κ3) is 4.82. The van der Waals surface area contributed by atoms with Crippen molar-refractivity contribution in [2.45, 2.75) is 20.5 Å². The number of carbonyl (C=O) groups is 1. The van der Waals surface area contributed by atoms with Gasteiger partial charge in [-0.15, -0.1) is 0 Å². The second-order valence-electron chi connectivity index (χ2n) is 5.09. The molecule has 0 heterocycles. The fourth-order valence-corrected chi connectivity index (χ4v) is 2.49. The number of hydrogen-bond donors (Lipinski definition) is 2. The highest BCUT2D eigenvalue weighted by atomic mass is 79.9. The molecule has 6 heteroatoms. The van der Waals surface area contributed by atoms with Crippen LogP contribution in [0.15, 0.2) is 46.0 Å². The zero-order valence-electron chi connectivity index (χ0n) is 13.0. The van der Waals surface area contributed by atoms with Crippen molar-refractivity contribution >= 4 is 28.2 Å². The molecule has 120 valence electrons. The number of rotatable bonds is 5. The minimum absolute atomic E-state index is 0.443. The Hall–Kier alpha value is -2.34. The van der Waals surface area contributed by atoms with Gasteiger partial charge in [0, 0.05) is 0 Å². The molecule has 3 N–H and O–H groups in total. The number of ether oxygens (including phenoxy) is 1. The Morgan fingerprint density at radius 2 is 2.04 bits per heavy atom. The van der Waals surface area contributed by atoms with Crippen LogP contribution in [-0.4, -0.2) is 12.2 Å². The first-order valence-electron chi connectivity index (χ1n) is 7.03. The van der Waals surface area contributed by atoms with Gasteiger partial charge in [0.15, 0.2) is 0 Å². The van der Waals surface area contributed by atoms with Gasteiger partial charge in [0.1, 0.15) is 12.4 Å². The van der Waals surface area contributed by atoms with Crippen LogP contribution in [0.25, 0.3) is 0 Å². The van der Waals surface area contributed by atoms with Gasteiger partial charge in [0.05, 0.1) is 10.7 Å². The van der Waals surface area contributed by atoms with Crippen LogP contribution in [0.2, 0.25) is 0 Å². The minimum atomic E-state index is -0.691. The molecule has 0 bridgehead atoms. The number of hydrazone groups is 1. The molecule has 0 aromatic heterocycles. The molecule has 0 unspecified atom stereocenters. The standard InChI is InChI=1S/C17H18BrN3O2/c1-11-7-12(2)14(8-13(11)9-20-21-17(19)22)10-23-16-6-4-3-5-15(16)18/h3-9H,10H2,1-2H3,(H3,19,21,22)/b20-9+. The molecule has 2 rings (SSSR count). The molecule has 0 saturated heterocycles. The molecule has 0 aliphatic heterocycles. The number of urea groups is 1. The van der Waals surface area contributed by atoms with Crippen LogP contribution in [0.1, 0.15) is 22.3 Å². The van der Waals surface area contributed by atoms with E-state index in [0.29, 0.717) is 6.61 Å². The van der Waals surface area contributed by atoms with Crippen LogP contribution in [0, 0.1) is 13.8 Å². The summed E-state index contributed by atoms with van der Waals surface area (Å²) >= 11 is 3.46. The lowest BCUT2D eigenvalue weighted by Crippen LogP contribution is -2.24. The van der Waals surface area contributed by atoms with Gasteiger partial charge in [0.25, 0.3) is 0 Å². The van der Waals surface area contributed by atoms with Gasteiger partial charge in [-0.05, 0) is 70.2 Å². The quantitative estimate of drug-likeness (QED) is 0.617. The van der Waals surface area contributed by atoms with E-state index in [0.717, 1.165) is 32.5 Å². The first-order valence-corrected chi connectivity index (χ1v) is 7.82. The number of carbonyl (C=O) groups excluding carboxylic acids is 1. The van der Waals surface area contributed by atoms with Crippen molar-refractivity contribution in [2.24, 2.45) is 10.8 Å². The van der Waals surface area contributed by atoms with E-state index in [-0.39, 0.29) is 0 Å². The van der Waals surface area contributed by atoms with E-state index >= 15 is 0 Å². The molecule has 0 fully saturated rings. The molecule has 23 heavy (non-hydrogen) atoms. The summed E-state index contributed by atoms with van der Waals surface area (Å²) in [6.07, 6.45) is 1.57. The predicted molar refractivity (Wildman–Crippen MR) is 94.7 cm³/mol. The molecule has 0 radical (unpaired) electrons. The van der Waals surface area contributed by atoms with Crippen molar-refractivity contribution < 1.29 is 9.53 Å². The van der Waals surface area contributed by atoms with Gasteiger partial charge < -0.3 is 10.5 Å². The molecule has 2 aromatic carbocycles. The summed E-state index contributed by atoms with van der Waals surface area (Å²) in [6, 6.07) is 11.1. The molecule has 0 aliphatic carbocycles. The van der Waals surface area contributed by atoms with Gasteiger partial charge in [-0.25, -0.2) is 10.2 Å². The van der Waals surface area contributed by atoms with E-state index in [1.807, 2.05) is 44.2 Å². The molecular formula is C17H18BrN3O2. The number of para-hydroxylation sites is 1. The van der Waals surface area contributed by atoms with E-state index in [2.05, 4.69) is 32.5 Å². The Balaban J connectivity index is 2.17. The van der Waals surface area contributed by atoms with Crippen molar-refractivity contribution in [3.63, 3.8) is 0 Å². The maximum atomic E-state index is 10.7. The third-order valence-electron chi connectivity index (χ3n) is 3.32. The lowest BCUT2D eigenvalue weighted by Gasteiger charge is -2.12. The highest BCUT2D eigenvalue weighted by Gasteiger charge is 2.06. The smallest absolute Gasteiger partial charge is 0.332 e. The van der Waals surface area contributed by atoms with Crippen LogP contribution in [-0.2, 0) is 6.61 Å². The van der Waals surface area contributed by atoms with E-state index in [4.69, 9.17) is 10.5 Å². The summed E-state index contributed by atoms with van der Waals surface area (Å²) in [6.45, 7) is 4.46. The fraction of sp³-hybridized carbons (Fsp3) is 0.176. The van der Waals surface area contributed by atoms with E-state index < -0.39 is 6.03 Å². The van der Waals surface area contributed by atoms with Gasteiger partial charge >= 0.3 is 6.03 Å². The highest BCUT2D eigenvalue weighted by molar-refractivity contribution is 9.10. The minimum Gasteiger partial charge on any atom is -0.488 e. The number of halogens is 1. The Bertz CT molecular complexity index is 745. The Morgan fingerprint density at radius 1 is 1.30 bits per heavy atom. The van der Waals surface area contributed by atoms with Crippen molar-refractivity contribution in [1.29, 1.82) is 0 Å². The average molecular weight is 376 g/mol. The zero-order chi connectivity index (χ0) is 16.8. The monoisotopic (exact) mass is 375 g/mol. The van der Waals surface area contributed by atoms with E-state index in [1.54, 1.807) is 6.21 Å². The third-order valence-corrected chi connectivity index (χ3v) is 3.98.